The molecule has 0 aromatic heterocycles. The summed E-state index contributed by atoms with van der Waals surface area (Å²) in [5.74, 6) is 0.888. The van der Waals surface area contributed by atoms with E-state index < -0.39 is 6.04 Å². The first-order chi connectivity index (χ1) is 14.6. The smallest absolute Gasteiger partial charge is 0.261 e. The Bertz CT molecular complexity index is 889. The number of hydrogen-bond donors (Lipinski definition) is 1. The maximum atomic E-state index is 13.1. The second-order valence-electron chi connectivity index (χ2n) is 7.87. The SMILES string of the molecule is COc1ccc(CN(C(=O)COc2cc(C)c(Br)c(C)c2)[C@@H](C)C(=O)NC(C)C)cc1. The molecule has 7 heteroatoms. The predicted molar refractivity (Wildman–Crippen MR) is 125 cm³/mol. The molecule has 0 aliphatic heterocycles. The maximum absolute atomic E-state index is 13.1. The van der Waals surface area contributed by atoms with Gasteiger partial charge in [-0.05, 0) is 75.6 Å². The van der Waals surface area contributed by atoms with Crippen molar-refractivity contribution in [1.29, 1.82) is 0 Å². The summed E-state index contributed by atoms with van der Waals surface area (Å²) in [5.41, 5.74) is 2.96. The number of halogens is 1. The van der Waals surface area contributed by atoms with Crippen molar-refractivity contribution in [3.05, 3.63) is 57.6 Å². The van der Waals surface area contributed by atoms with Gasteiger partial charge in [0.2, 0.25) is 5.91 Å². The van der Waals surface area contributed by atoms with Crippen LogP contribution in [-0.4, -0.2) is 42.5 Å². The van der Waals surface area contributed by atoms with Crippen LogP contribution in [0.1, 0.15) is 37.5 Å². The Morgan fingerprint density at radius 3 is 2.13 bits per heavy atom. The summed E-state index contributed by atoms with van der Waals surface area (Å²) in [6.07, 6.45) is 0. The molecule has 2 amide bonds. The minimum Gasteiger partial charge on any atom is -0.497 e. The quantitative estimate of drug-likeness (QED) is 0.565. The highest BCUT2D eigenvalue weighted by Gasteiger charge is 2.27. The van der Waals surface area contributed by atoms with Crippen LogP contribution in [0.2, 0.25) is 0 Å². The number of carbonyl (C=O) groups excluding carboxylic acids is 2. The molecule has 6 nitrogen and oxygen atoms in total. The largest absolute Gasteiger partial charge is 0.497 e. The molecular formula is C24H31BrN2O4. The lowest BCUT2D eigenvalue weighted by molar-refractivity contribution is -0.142. The van der Waals surface area contributed by atoms with E-state index in [1.165, 1.54) is 4.90 Å². The fourth-order valence-corrected chi connectivity index (χ4v) is 3.36. The molecule has 0 unspecified atom stereocenters. The minimum absolute atomic E-state index is 0.0159. The molecule has 0 fully saturated rings. The molecule has 0 radical (unpaired) electrons. The summed E-state index contributed by atoms with van der Waals surface area (Å²) in [6, 6.07) is 10.5. The van der Waals surface area contributed by atoms with Gasteiger partial charge in [-0.1, -0.05) is 28.1 Å². The van der Waals surface area contributed by atoms with Gasteiger partial charge in [-0.2, -0.15) is 0 Å². The minimum atomic E-state index is -0.644. The molecule has 0 saturated heterocycles. The van der Waals surface area contributed by atoms with Crippen molar-refractivity contribution < 1.29 is 19.1 Å². The van der Waals surface area contributed by atoms with E-state index in [0.717, 1.165) is 26.9 Å². The molecule has 0 aliphatic rings. The average Bonchev–Trinajstić information content (AvgIpc) is 2.73. The van der Waals surface area contributed by atoms with E-state index in [1.807, 2.05) is 64.1 Å². The second-order valence-corrected chi connectivity index (χ2v) is 8.66. The number of aryl methyl sites for hydroxylation is 2. The number of methoxy groups -OCH3 is 1. The van der Waals surface area contributed by atoms with Crippen LogP contribution in [-0.2, 0) is 16.1 Å². The van der Waals surface area contributed by atoms with Gasteiger partial charge in [-0.25, -0.2) is 0 Å². The Kier molecular flexibility index (Phi) is 8.92. The van der Waals surface area contributed by atoms with Gasteiger partial charge in [0.05, 0.1) is 7.11 Å². The van der Waals surface area contributed by atoms with Gasteiger partial charge >= 0.3 is 0 Å². The van der Waals surface area contributed by atoms with E-state index in [2.05, 4.69) is 21.2 Å². The summed E-state index contributed by atoms with van der Waals surface area (Å²) < 4.78 is 12.0. The number of rotatable bonds is 9. The maximum Gasteiger partial charge on any atom is 0.261 e. The Balaban J connectivity index is 2.18. The highest BCUT2D eigenvalue weighted by atomic mass is 79.9. The van der Waals surface area contributed by atoms with Crippen molar-refractivity contribution in [3.63, 3.8) is 0 Å². The van der Waals surface area contributed by atoms with Gasteiger partial charge in [0.1, 0.15) is 17.5 Å². The zero-order valence-electron chi connectivity index (χ0n) is 19.0. The van der Waals surface area contributed by atoms with Crippen LogP contribution in [0, 0.1) is 13.8 Å². The van der Waals surface area contributed by atoms with Crippen LogP contribution in [0.4, 0.5) is 0 Å². The molecule has 1 atom stereocenters. The summed E-state index contributed by atoms with van der Waals surface area (Å²) in [6.45, 7) is 9.59. The van der Waals surface area contributed by atoms with E-state index in [4.69, 9.17) is 9.47 Å². The van der Waals surface area contributed by atoms with Crippen LogP contribution in [0.25, 0.3) is 0 Å². The van der Waals surface area contributed by atoms with E-state index in [1.54, 1.807) is 14.0 Å². The van der Waals surface area contributed by atoms with E-state index >= 15 is 0 Å². The number of benzene rings is 2. The number of nitrogens with zero attached hydrogens (tertiary/aromatic N) is 1. The molecule has 0 aliphatic carbocycles. The predicted octanol–water partition coefficient (Wildman–Crippen LogP) is 4.40. The van der Waals surface area contributed by atoms with Crippen molar-refractivity contribution in [1.82, 2.24) is 10.2 Å². The highest BCUT2D eigenvalue weighted by molar-refractivity contribution is 9.10. The lowest BCUT2D eigenvalue weighted by Gasteiger charge is -2.29. The van der Waals surface area contributed by atoms with Crippen molar-refractivity contribution in [2.24, 2.45) is 0 Å². The lowest BCUT2D eigenvalue weighted by atomic mass is 10.1. The van der Waals surface area contributed by atoms with Gasteiger partial charge in [-0.15, -0.1) is 0 Å². The molecule has 168 valence electrons. The van der Waals surface area contributed by atoms with Gasteiger partial charge in [0.15, 0.2) is 6.61 Å². The third-order valence-corrected chi connectivity index (χ3v) is 6.13. The molecule has 1 N–H and O–H groups in total. The molecular weight excluding hydrogens is 460 g/mol. The zero-order valence-corrected chi connectivity index (χ0v) is 20.6. The van der Waals surface area contributed by atoms with Gasteiger partial charge < -0.3 is 19.7 Å². The number of carbonyl (C=O) groups is 2. The highest BCUT2D eigenvalue weighted by Crippen LogP contribution is 2.26. The first-order valence-electron chi connectivity index (χ1n) is 10.2. The van der Waals surface area contributed by atoms with Crippen LogP contribution in [0.15, 0.2) is 40.9 Å². The van der Waals surface area contributed by atoms with Crippen LogP contribution in [0.3, 0.4) is 0 Å². The molecule has 0 saturated carbocycles. The summed E-state index contributed by atoms with van der Waals surface area (Å²) in [4.78, 5) is 27.3. The van der Waals surface area contributed by atoms with Gasteiger partial charge in [0.25, 0.3) is 5.91 Å². The van der Waals surface area contributed by atoms with Crippen molar-refractivity contribution >= 4 is 27.7 Å². The molecule has 0 bridgehead atoms. The topological polar surface area (TPSA) is 67.9 Å². The monoisotopic (exact) mass is 490 g/mol. The Morgan fingerprint density at radius 1 is 1.03 bits per heavy atom. The van der Waals surface area contributed by atoms with Crippen LogP contribution in [0.5, 0.6) is 11.5 Å². The van der Waals surface area contributed by atoms with Gasteiger partial charge in [0, 0.05) is 17.1 Å². The molecule has 2 rings (SSSR count). The standard InChI is InChI=1S/C24H31BrN2O4/c1-15(2)26-24(29)18(5)27(13-19-7-9-20(30-6)10-8-19)22(28)14-31-21-11-16(3)23(25)17(4)12-21/h7-12,15,18H,13-14H2,1-6H3,(H,26,29)/t18-/m0/s1. The fraction of sp³-hybridized carbons (Fsp3) is 0.417. The second kappa shape index (κ2) is 11.2. The first-order valence-corrected chi connectivity index (χ1v) is 11.0. The zero-order chi connectivity index (χ0) is 23.1. The Labute approximate surface area is 193 Å². The summed E-state index contributed by atoms with van der Waals surface area (Å²) in [7, 11) is 1.60. The number of nitrogens with one attached hydrogen (secondary N) is 1. The van der Waals surface area contributed by atoms with E-state index in [-0.39, 0.29) is 31.0 Å². The fourth-order valence-electron chi connectivity index (χ4n) is 3.13. The number of ether oxygens (including phenoxy) is 2. The van der Waals surface area contributed by atoms with Crippen molar-refractivity contribution in [2.45, 2.75) is 53.2 Å². The third kappa shape index (κ3) is 6.99. The van der Waals surface area contributed by atoms with Crippen molar-refractivity contribution in [2.75, 3.05) is 13.7 Å². The molecule has 2 aromatic rings. The molecule has 2 aromatic carbocycles. The molecule has 31 heavy (non-hydrogen) atoms. The van der Waals surface area contributed by atoms with E-state index in [9.17, 15) is 9.59 Å². The normalized spacial score (nSPS) is 11.7. The molecule has 0 spiro atoms. The number of hydrogen-bond acceptors (Lipinski definition) is 4. The van der Waals surface area contributed by atoms with E-state index in [0.29, 0.717) is 5.75 Å². The first kappa shape index (κ1) is 24.7. The molecule has 0 heterocycles. The number of amides is 2. The Morgan fingerprint density at radius 2 is 1.61 bits per heavy atom. The summed E-state index contributed by atoms with van der Waals surface area (Å²) in [5, 5.41) is 2.88. The van der Waals surface area contributed by atoms with Crippen LogP contribution >= 0.6 is 15.9 Å². The van der Waals surface area contributed by atoms with Crippen LogP contribution < -0.4 is 14.8 Å². The average molecular weight is 491 g/mol. The third-order valence-electron chi connectivity index (χ3n) is 4.88. The summed E-state index contributed by atoms with van der Waals surface area (Å²) >= 11 is 3.53. The Hall–Kier alpha value is -2.54. The lowest BCUT2D eigenvalue weighted by Crippen LogP contribution is -2.50. The van der Waals surface area contributed by atoms with Gasteiger partial charge in [-0.3, -0.25) is 9.59 Å². The van der Waals surface area contributed by atoms with Crippen molar-refractivity contribution in [3.8, 4) is 11.5 Å².